The molecular formula is C16H21NO6S. The van der Waals surface area contributed by atoms with Crippen LogP contribution in [0, 0.1) is 0 Å². The van der Waals surface area contributed by atoms with Crippen molar-refractivity contribution < 1.29 is 27.5 Å². The number of hydrogen-bond acceptors (Lipinski definition) is 6. The fourth-order valence-electron chi connectivity index (χ4n) is 2.52. The van der Waals surface area contributed by atoms with Crippen LogP contribution in [0.25, 0.3) is 0 Å². The van der Waals surface area contributed by atoms with Crippen molar-refractivity contribution in [1.29, 1.82) is 0 Å². The van der Waals surface area contributed by atoms with Gasteiger partial charge in [0, 0.05) is 19.3 Å². The Morgan fingerprint density at radius 2 is 1.71 bits per heavy atom. The summed E-state index contributed by atoms with van der Waals surface area (Å²) < 4.78 is 33.3. The first kappa shape index (κ1) is 18.4. The predicted octanol–water partition coefficient (Wildman–Crippen LogP) is 0.883. The molecule has 0 spiro atoms. The van der Waals surface area contributed by atoms with Crippen molar-refractivity contribution in [3.8, 4) is 0 Å². The van der Waals surface area contributed by atoms with Gasteiger partial charge in [-0.1, -0.05) is 0 Å². The lowest BCUT2D eigenvalue weighted by atomic mass is 10.2. The Kier molecular flexibility index (Phi) is 5.61. The first-order valence-corrected chi connectivity index (χ1v) is 9.46. The molecule has 2 atom stereocenters. The van der Waals surface area contributed by atoms with Crippen molar-refractivity contribution in [3.63, 3.8) is 0 Å². The number of hydrogen-bond donors (Lipinski definition) is 0. The summed E-state index contributed by atoms with van der Waals surface area (Å²) in [5.74, 6) is -0.948. The fourth-order valence-corrected chi connectivity index (χ4v) is 3.15. The van der Waals surface area contributed by atoms with Gasteiger partial charge in [0.2, 0.25) is 0 Å². The molecule has 1 aromatic carbocycles. The quantitative estimate of drug-likeness (QED) is 0.745. The first-order chi connectivity index (χ1) is 11.2. The number of nitrogens with zero attached hydrogens (tertiary/aromatic N) is 1. The van der Waals surface area contributed by atoms with Crippen molar-refractivity contribution in [1.82, 2.24) is 4.90 Å². The molecule has 0 radical (unpaired) electrons. The average molecular weight is 355 g/mol. The number of ether oxygens (including phenoxy) is 2. The summed E-state index contributed by atoms with van der Waals surface area (Å²) >= 11 is 0. The Morgan fingerprint density at radius 1 is 1.17 bits per heavy atom. The largest absolute Gasteiger partial charge is 0.452 e. The number of amides is 1. The lowest BCUT2D eigenvalue weighted by Gasteiger charge is -2.35. The van der Waals surface area contributed by atoms with Crippen LogP contribution in [0.1, 0.15) is 24.2 Å². The molecule has 0 N–H and O–H groups in total. The highest BCUT2D eigenvalue weighted by molar-refractivity contribution is 7.90. The summed E-state index contributed by atoms with van der Waals surface area (Å²) in [7, 11) is -3.32. The van der Waals surface area contributed by atoms with Gasteiger partial charge in [-0.2, -0.15) is 0 Å². The number of sulfone groups is 1. The van der Waals surface area contributed by atoms with Gasteiger partial charge in [-0.15, -0.1) is 0 Å². The zero-order chi connectivity index (χ0) is 17.9. The highest BCUT2D eigenvalue weighted by atomic mass is 32.2. The molecule has 1 aromatic rings. The van der Waals surface area contributed by atoms with Crippen LogP contribution in [0.4, 0.5) is 0 Å². The van der Waals surface area contributed by atoms with E-state index in [0.29, 0.717) is 13.1 Å². The summed E-state index contributed by atoms with van der Waals surface area (Å²) in [6.07, 6.45) is 0.970. The Labute approximate surface area is 141 Å². The van der Waals surface area contributed by atoms with E-state index in [2.05, 4.69) is 0 Å². The minimum Gasteiger partial charge on any atom is -0.452 e. The van der Waals surface area contributed by atoms with Gasteiger partial charge in [0.1, 0.15) is 0 Å². The van der Waals surface area contributed by atoms with Crippen LogP contribution < -0.4 is 0 Å². The average Bonchev–Trinajstić information content (AvgIpc) is 2.50. The van der Waals surface area contributed by atoms with Crippen molar-refractivity contribution in [3.05, 3.63) is 29.8 Å². The Morgan fingerprint density at radius 3 is 2.21 bits per heavy atom. The standard InChI is InChI=1S/C16H21NO6S/c1-11-8-17(9-12(2)23-11)15(18)10-22-16(19)13-4-6-14(7-5-13)24(3,20)21/h4-7,11-12H,8-10H2,1-3H3/t11-,12+. The number of benzene rings is 1. The fraction of sp³-hybridized carbons (Fsp3) is 0.500. The number of carbonyl (C=O) groups excluding carboxylic acids is 2. The predicted molar refractivity (Wildman–Crippen MR) is 86.4 cm³/mol. The van der Waals surface area contributed by atoms with Crippen LogP contribution in [-0.4, -0.2) is 63.4 Å². The molecule has 1 saturated heterocycles. The summed E-state index contributed by atoms with van der Waals surface area (Å²) in [5.41, 5.74) is 0.193. The second kappa shape index (κ2) is 7.31. The van der Waals surface area contributed by atoms with Gasteiger partial charge in [-0.25, -0.2) is 13.2 Å². The van der Waals surface area contributed by atoms with Crippen molar-refractivity contribution in [2.75, 3.05) is 26.0 Å². The third kappa shape index (κ3) is 4.78. The van der Waals surface area contributed by atoms with Crippen molar-refractivity contribution in [2.24, 2.45) is 0 Å². The maximum atomic E-state index is 12.1. The summed E-state index contributed by atoms with van der Waals surface area (Å²) in [6, 6.07) is 5.39. The summed E-state index contributed by atoms with van der Waals surface area (Å²) in [4.78, 5) is 25.8. The summed E-state index contributed by atoms with van der Waals surface area (Å²) in [6.45, 7) is 4.33. The molecule has 8 heteroatoms. The molecule has 132 valence electrons. The van der Waals surface area contributed by atoms with Crippen molar-refractivity contribution >= 4 is 21.7 Å². The molecule has 1 fully saturated rings. The van der Waals surface area contributed by atoms with Gasteiger partial charge in [-0.05, 0) is 38.1 Å². The second-order valence-corrected chi connectivity index (χ2v) is 7.94. The molecule has 0 aromatic heterocycles. The summed E-state index contributed by atoms with van der Waals surface area (Å²) in [5, 5.41) is 0. The molecule has 24 heavy (non-hydrogen) atoms. The highest BCUT2D eigenvalue weighted by Crippen LogP contribution is 2.13. The van der Waals surface area contributed by atoms with Crippen LogP contribution in [0.15, 0.2) is 29.2 Å². The van der Waals surface area contributed by atoms with E-state index in [0.717, 1.165) is 6.26 Å². The topological polar surface area (TPSA) is 90.0 Å². The lowest BCUT2D eigenvalue weighted by molar-refractivity contribution is -0.146. The molecule has 0 unspecified atom stereocenters. The van der Waals surface area contributed by atoms with Crippen molar-refractivity contribution in [2.45, 2.75) is 31.0 Å². The SMILES string of the molecule is C[C@@H]1CN(C(=O)COC(=O)c2ccc(S(C)(=O)=O)cc2)C[C@H](C)O1. The van der Waals surface area contributed by atoms with Crippen LogP contribution >= 0.6 is 0 Å². The van der Waals surface area contributed by atoms with Gasteiger partial charge in [-0.3, -0.25) is 4.79 Å². The molecular weight excluding hydrogens is 334 g/mol. The Hall–Kier alpha value is -1.93. The first-order valence-electron chi connectivity index (χ1n) is 7.57. The van der Waals surface area contributed by atoms with Crippen LogP contribution in [0.5, 0.6) is 0 Å². The van der Waals surface area contributed by atoms with Gasteiger partial charge < -0.3 is 14.4 Å². The molecule has 1 amide bonds. The van der Waals surface area contributed by atoms with E-state index in [1.165, 1.54) is 24.3 Å². The molecule has 2 rings (SSSR count). The van der Waals surface area contributed by atoms with Crippen LogP contribution in [-0.2, 0) is 24.1 Å². The Balaban J connectivity index is 1.92. The molecule has 1 aliphatic rings. The maximum absolute atomic E-state index is 12.1. The maximum Gasteiger partial charge on any atom is 0.338 e. The number of esters is 1. The molecule has 0 saturated carbocycles. The third-order valence-corrected chi connectivity index (χ3v) is 4.75. The van der Waals surface area contributed by atoms with E-state index >= 15 is 0 Å². The third-order valence-electron chi connectivity index (χ3n) is 3.62. The minimum absolute atomic E-state index is 0.0584. The van der Waals surface area contributed by atoms with E-state index in [-0.39, 0.29) is 35.2 Å². The smallest absolute Gasteiger partial charge is 0.338 e. The minimum atomic E-state index is -3.32. The number of morpholine rings is 1. The second-order valence-electron chi connectivity index (χ2n) is 5.93. The molecule has 0 bridgehead atoms. The van der Waals surface area contributed by atoms with Gasteiger partial charge in [0.25, 0.3) is 5.91 Å². The zero-order valence-electron chi connectivity index (χ0n) is 13.9. The van der Waals surface area contributed by atoms with E-state index < -0.39 is 15.8 Å². The normalized spacial score (nSPS) is 21.4. The van der Waals surface area contributed by atoms with Gasteiger partial charge in [0.05, 0.1) is 22.7 Å². The molecule has 1 heterocycles. The molecule has 1 aliphatic heterocycles. The Bertz CT molecular complexity index is 703. The van der Waals surface area contributed by atoms with Gasteiger partial charge >= 0.3 is 5.97 Å². The van der Waals surface area contributed by atoms with Crippen LogP contribution in [0.2, 0.25) is 0 Å². The van der Waals surface area contributed by atoms with E-state index in [4.69, 9.17) is 9.47 Å². The number of carbonyl (C=O) groups is 2. The highest BCUT2D eigenvalue weighted by Gasteiger charge is 2.26. The van der Waals surface area contributed by atoms with E-state index in [1.807, 2.05) is 13.8 Å². The van der Waals surface area contributed by atoms with E-state index in [9.17, 15) is 18.0 Å². The van der Waals surface area contributed by atoms with Crippen LogP contribution in [0.3, 0.4) is 0 Å². The van der Waals surface area contributed by atoms with E-state index in [1.54, 1.807) is 4.90 Å². The molecule has 7 nitrogen and oxygen atoms in total. The number of rotatable bonds is 4. The monoisotopic (exact) mass is 355 g/mol. The molecule has 0 aliphatic carbocycles. The van der Waals surface area contributed by atoms with Gasteiger partial charge in [0.15, 0.2) is 16.4 Å². The zero-order valence-corrected chi connectivity index (χ0v) is 14.7. The lowest BCUT2D eigenvalue weighted by Crippen LogP contribution is -2.49.